The lowest BCUT2D eigenvalue weighted by Gasteiger charge is -2.30. The standard InChI is InChI=1S/C27H32N2O6/c1-18(2)17-35-22-9-5-20(6-10-22)25(31)23-24(19-3-7-21(30)8-4-19)29(27(33)26(23)32)12-11-28-13-15-34-16-14-28/h3-10,18,24,30-31H,11-17H2,1-2H3/b25-23+. The zero-order valence-corrected chi connectivity index (χ0v) is 20.2. The fourth-order valence-electron chi connectivity index (χ4n) is 4.41. The summed E-state index contributed by atoms with van der Waals surface area (Å²) < 4.78 is 11.1. The number of nitrogens with one attached hydrogen (secondary N) is 1. The maximum absolute atomic E-state index is 13.5. The first kappa shape index (κ1) is 24.8. The third-order valence-electron chi connectivity index (χ3n) is 6.34. The molecule has 1 atom stereocenters. The molecule has 0 radical (unpaired) electrons. The molecule has 186 valence electrons. The van der Waals surface area contributed by atoms with Crippen LogP contribution in [0.25, 0.3) is 5.76 Å². The first-order valence-electron chi connectivity index (χ1n) is 12.0. The van der Waals surface area contributed by atoms with Gasteiger partial charge in [-0.2, -0.15) is 0 Å². The molecular formula is C27H32N2O6. The molecule has 2 fully saturated rings. The molecule has 2 heterocycles. The number of quaternary nitrogens is 1. The number of Topliss-reactive ketones (excluding diaryl/α,β-unsaturated/α-hetero) is 1. The SMILES string of the molecule is CC(C)COc1ccc(/C([O-])=C2\C(=O)C(=O)N(CC[NH+]3CCOCC3)C2c2ccc(O)cc2)cc1. The number of likely N-dealkylation sites (tertiary alicyclic amines) is 1. The van der Waals surface area contributed by atoms with Crippen LogP contribution in [-0.4, -0.2) is 67.7 Å². The molecule has 2 saturated heterocycles. The highest BCUT2D eigenvalue weighted by atomic mass is 16.5. The number of carbonyl (C=O) groups is 2. The minimum atomic E-state index is -0.805. The molecule has 2 N–H and O–H groups in total. The summed E-state index contributed by atoms with van der Waals surface area (Å²) in [6, 6.07) is 12.1. The molecule has 8 heteroatoms. The zero-order valence-electron chi connectivity index (χ0n) is 20.2. The fourth-order valence-corrected chi connectivity index (χ4v) is 4.41. The lowest BCUT2D eigenvalue weighted by atomic mass is 9.95. The number of hydrogen-bond acceptors (Lipinski definition) is 6. The molecule has 2 aliphatic rings. The molecular weight excluding hydrogens is 448 g/mol. The molecule has 4 rings (SSSR count). The Morgan fingerprint density at radius 3 is 2.40 bits per heavy atom. The topological polar surface area (TPSA) is 104 Å². The minimum absolute atomic E-state index is 0.0616. The molecule has 0 aromatic heterocycles. The van der Waals surface area contributed by atoms with E-state index in [0.717, 1.165) is 13.1 Å². The van der Waals surface area contributed by atoms with Crippen molar-refractivity contribution in [1.82, 2.24) is 4.90 Å². The van der Waals surface area contributed by atoms with Crippen LogP contribution in [0.4, 0.5) is 0 Å². The summed E-state index contributed by atoms with van der Waals surface area (Å²) in [5.41, 5.74) is 0.871. The van der Waals surface area contributed by atoms with Crippen molar-refractivity contribution in [2.45, 2.75) is 19.9 Å². The highest BCUT2D eigenvalue weighted by Crippen LogP contribution is 2.39. The second-order valence-electron chi connectivity index (χ2n) is 9.41. The van der Waals surface area contributed by atoms with Crippen molar-refractivity contribution in [2.24, 2.45) is 5.92 Å². The molecule has 1 amide bonds. The zero-order chi connectivity index (χ0) is 24.9. The van der Waals surface area contributed by atoms with Gasteiger partial charge in [0.1, 0.15) is 24.6 Å². The number of morpholine rings is 1. The molecule has 0 saturated carbocycles. The molecule has 0 aliphatic carbocycles. The number of ether oxygens (including phenoxy) is 2. The third-order valence-corrected chi connectivity index (χ3v) is 6.34. The van der Waals surface area contributed by atoms with E-state index in [4.69, 9.17) is 9.47 Å². The van der Waals surface area contributed by atoms with Gasteiger partial charge in [-0.3, -0.25) is 9.59 Å². The Bertz CT molecular complexity index is 1070. The van der Waals surface area contributed by atoms with Gasteiger partial charge in [0.2, 0.25) is 5.78 Å². The van der Waals surface area contributed by atoms with Gasteiger partial charge in [0.15, 0.2) is 0 Å². The number of nitrogens with zero attached hydrogens (tertiary/aromatic N) is 1. The molecule has 35 heavy (non-hydrogen) atoms. The smallest absolute Gasteiger partial charge is 0.295 e. The first-order chi connectivity index (χ1) is 16.8. The molecule has 1 unspecified atom stereocenters. The van der Waals surface area contributed by atoms with Crippen LogP contribution in [0.2, 0.25) is 0 Å². The van der Waals surface area contributed by atoms with Gasteiger partial charge in [-0.1, -0.05) is 43.9 Å². The summed E-state index contributed by atoms with van der Waals surface area (Å²) in [5, 5.41) is 23.3. The van der Waals surface area contributed by atoms with Crippen LogP contribution in [0.1, 0.15) is 31.0 Å². The van der Waals surface area contributed by atoms with Gasteiger partial charge in [0, 0.05) is 5.57 Å². The molecule has 2 aromatic rings. The number of carbonyl (C=O) groups excluding carboxylic acids is 2. The number of ketones is 1. The van der Waals surface area contributed by atoms with Crippen LogP contribution in [0.5, 0.6) is 11.5 Å². The summed E-state index contributed by atoms with van der Waals surface area (Å²) in [7, 11) is 0. The largest absolute Gasteiger partial charge is 0.872 e. The second-order valence-corrected chi connectivity index (χ2v) is 9.41. The van der Waals surface area contributed by atoms with Crippen molar-refractivity contribution < 1.29 is 34.2 Å². The molecule has 0 bridgehead atoms. The predicted molar refractivity (Wildman–Crippen MR) is 128 cm³/mol. The van der Waals surface area contributed by atoms with Crippen molar-refractivity contribution in [1.29, 1.82) is 0 Å². The van der Waals surface area contributed by atoms with Crippen LogP contribution in [0.15, 0.2) is 54.1 Å². The van der Waals surface area contributed by atoms with E-state index < -0.39 is 23.5 Å². The summed E-state index contributed by atoms with van der Waals surface area (Å²) in [4.78, 5) is 29.0. The van der Waals surface area contributed by atoms with Crippen LogP contribution in [-0.2, 0) is 14.3 Å². The van der Waals surface area contributed by atoms with Crippen molar-refractivity contribution in [2.75, 3.05) is 46.0 Å². The number of phenols is 1. The number of phenolic OH excluding ortho intramolecular Hbond substituents is 1. The Morgan fingerprint density at radius 1 is 1.11 bits per heavy atom. The van der Waals surface area contributed by atoms with Gasteiger partial charge >= 0.3 is 0 Å². The molecule has 2 aliphatic heterocycles. The summed E-state index contributed by atoms with van der Waals surface area (Å²) >= 11 is 0. The Kier molecular flexibility index (Phi) is 7.73. The average Bonchev–Trinajstić information content (AvgIpc) is 3.12. The first-order valence-corrected chi connectivity index (χ1v) is 12.0. The predicted octanol–water partition coefficient (Wildman–Crippen LogP) is 0.566. The highest BCUT2D eigenvalue weighted by Gasteiger charge is 2.44. The maximum Gasteiger partial charge on any atom is 0.295 e. The number of aromatic hydroxyl groups is 1. The van der Waals surface area contributed by atoms with Crippen molar-refractivity contribution in [3.05, 3.63) is 65.2 Å². The van der Waals surface area contributed by atoms with E-state index in [9.17, 15) is 19.8 Å². The second kappa shape index (κ2) is 10.9. The van der Waals surface area contributed by atoms with E-state index in [1.54, 1.807) is 36.4 Å². The van der Waals surface area contributed by atoms with Gasteiger partial charge in [-0.15, -0.1) is 0 Å². The third kappa shape index (κ3) is 5.66. The van der Waals surface area contributed by atoms with E-state index in [2.05, 4.69) is 0 Å². The number of hydrogen-bond donors (Lipinski definition) is 2. The molecule has 2 aromatic carbocycles. The van der Waals surface area contributed by atoms with Gasteiger partial charge < -0.3 is 29.5 Å². The van der Waals surface area contributed by atoms with E-state index >= 15 is 0 Å². The Labute approximate surface area is 205 Å². The summed E-state index contributed by atoms with van der Waals surface area (Å²) in [6.45, 7) is 8.64. The van der Waals surface area contributed by atoms with E-state index in [1.165, 1.54) is 21.9 Å². The fraction of sp³-hybridized carbons (Fsp3) is 0.407. The van der Waals surface area contributed by atoms with Crippen molar-refractivity contribution in [3.63, 3.8) is 0 Å². The summed E-state index contributed by atoms with van der Waals surface area (Å²) in [5.74, 6) is -0.845. The van der Waals surface area contributed by atoms with E-state index in [0.29, 0.717) is 55.7 Å². The van der Waals surface area contributed by atoms with Crippen LogP contribution in [0.3, 0.4) is 0 Å². The number of amides is 1. The minimum Gasteiger partial charge on any atom is -0.872 e. The van der Waals surface area contributed by atoms with Gasteiger partial charge in [0.05, 0.1) is 39.0 Å². The van der Waals surface area contributed by atoms with E-state index in [1.807, 2.05) is 13.8 Å². The quantitative estimate of drug-likeness (QED) is 0.325. The van der Waals surface area contributed by atoms with Crippen LogP contribution >= 0.6 is 0 Å². The van der Waals surface area contributed by atoms with Gasteiger partial charge in [0.25, 0.3) is 5.91 Å². The Balaban J connectivity index is 1.66. The number of benzene rings is 2. The van der Waals surface area contributed by atoms with Crippen molar-refractivity contribution in [3.8, 4) is 11.5 Å². The Hall–Kier alpha value is -3.36. The molecule has 8 nitrogen and oxygen atoms in total. The van der Waals surface area contributed by atoms with Gasteiger partial charge in [-0.05, 0) is 41.3 Å². The van der Waals surface area contributed by atoms with Crippen LogP contribution < -0.4 is 14.7 Å². The van der Waals surface area contributed by atoms with Crippen molar-refractivity contribution >= 4 is 17.4 Å². The highest BCUT2D eigenvalue weighted by molar-refractivity contribution is 6.46. The summed E-state index contributed by atoms with van der Waals surface area (Å²) in [6.07, 6.45) is 0. The van der Waals surface area contributed by atoms with Gasteiger partial charge in [-0.25, -0.2) is 0 Å². The Morgan fingerprint density at radius 2 is 1.77 bits per heavy atom. The lowest BCUT2D eigenvalue weighted by molar-refractivity contribution is -0.907. The number of rotatable bonds is 8. The lowest BCUT2D eigenvalue weighted by Crippen LogP contribution is -3.14. The molecule has 0 spiro atoms. The maximum atomic E-state index is 13.5. The average molecular weight is 481 g/mol. The normalized spacial score (nSPS) is 20.5. The monoisotopic (exact) mass is 480 g/mol. The van der Waals surface area contributed by atoms with Crippen LogP contribution in [0, 0.1) is 5.92 Å². The van der Waals surface area contributed by atoms with E-state index in [-0.39, 0.29) is 11.3 Å².